The molecule has 3 aromatic rings. The average molecular weight is 533 g/mol. The van der Waals surface area contributed by atoms with Crippen LogP contribution in [0.4, 0.5) is 18.9 Å². The minimum atomic E-state index is -3.18. The number of ether oxygens (including phenoxy) is 1. The van der Waals surface area contributed by atoms with E-state index in [-0.39, 0.29) is 5.91 Å². The monoisotopic (exact) mass is 532 g/mol. The van der Waals surface area contributed by atoms with Crippen LogP contribution in [-0.4, -0.2) is 16.7 Å². The highest BCUT2D eigenvalue weighted by molar-refractivity contribution is 7.17. The number of halogens is 3. The molecular formula is C28H32F3N2O3P. The molecule has 1 heterocycles. The van der Waals surface area contributed by atoms with Gasteiger partial charge in [-0.1, -0.05) is 26.9 Å². The Morgan fingerprint density at radius 1 is 1.00 bits per heavy atom. The molecule has 1 fully saturated rings. The van der Waals surface area contributed by atoms with Crippen molar-refractivity contribution in [3.63, 3.8) is 0 Å². The third-order valence-corrected chi connectivity index (χ3v) is 5.57. The highest BCUT2D eigenvalue weighted by Gasteiger charge is 2.28. The van der Waals surface area contributed by atoms with Crippen LogP contribution in [0.3, 0.4) is 0 Å². The Labute approximate surface area is 218 Å². The number of anilines is 1. The molecule has 1 aromatic heterocycles. The lowest BCUT2D eigenvalue weighted by atomic mass is 10.1. The van der Waals surface area contributed by atoms with E-state index in [0.29, 0.717) is 23.0 Å². The van der Waals surface area contributed by atoms with Gasteiger partial charge in [0.05, 0.1) is 5.56 Å². The highest BCUT2D eigenvalue weighted by atomic mass is 31.0. The molecule has 1 aliphatic rings. The van der Waals surface area contributed by atoms with Gasteiger partial charge in [-0.25, -0.2) is 4.39 Å². The van der Waals surface area contributed by atoms with Crippen LogP contribution in [0.25, 0.3) is 0 Å². The predicted octanol–water partition coefficient (Wildman–Crippen LogP) is 7.49. The minimum absolute atomic E-state index is 0.0972. The zero-order valence-corrected chi connectivity index (χ0v) is 22.7. The third kappa shape index (κ3) is 10.7. The van der Waals surface area contributed by atoms with Crippen LogP contribution in [0.5, 0.6) is 11.5 Å². The second kappa shape index (κ2) is 13.3. The van der Waals surface area contributed by atoms with Crippen molar-refractivity contribution in [3.05, 3.63) is 82.9 Å². The molecule has 1 unspecified atom stereocenters. The number of ketones is 1. The van der Waals surface area contributed by atoms with Crippen LogP contribution < -0.4 is 10.1 Å². The van der Waals surface area contributed by atoms with Crippen LogP contribution in [0.15, 0.2) is 54.7 Å². The third-order valence-electron chi connectivity index (χ3n) is 5.26. The van der Waals surface area contributed by atoms with Gasteiger partial charge in [-0.3, -0.25) is 14.6 Å². The molecule has 1 N–H and O–H groups in total. The fourth-order valence-electron chi connectivity index (χ4n) is 3.09. The summed E-state index contributed by atoms with van der Waals surface area (Å²) in [5, 5.41) is 2.78. The first-order valence-corrected chi connectivity index (χ1v) is 12.3. The van der Waals surface area contributed by atoms with Gasteiger partial charge in [0.25, 0.3) is 5.66 Å². The minimum Gasteiger partial charge on any atom is -0.457 e. The van der Waals surface area contributed by atoms with E-state index in [1.54, 1.807) is 26.1 Å². The van der Waals surface area contributed by atoms with Gasteiger partial charge < -0.3 is 10.1 Å². The van der Waals surface area contributed by atoms with Gasteiger partial charge in [0.1, 0.15) is 23.1 Å². The van der Waals surface area contributed by atoms with Crippen LogP contribution >= 0.6 is 9.24 Å². The van der Waals surface area contributed by atoms with E-state index in [1.807, 2.05) is 38.1 Å². The molecule has 0 radical (unpaired) electrons. The number of carbonyl (C=O) groups excluding carboxylic acids is 2. The van der Waals surface area contributed by atoms with Gasteiger partial charge in [-0.15, -0.1) is 0 Å². The van der Waals surface area contributed by atoms with E-state index >= 15 is 0 Å². The lowest BCUT2D eigenvalue weighted by molar-refractivity contribution is -0.118. The molecule has 0 spiro atoms. The highest BCUT2D eigenvalue weighted by Crippen LogP contribution is 2.36. The van der Waals surface area contributed by atoms with Crippen molar-refractivity contribution >= 4 is 26.6 Å². The molecule has 9 heteroatoms. The largest absolute Gasteiger partial charge is 0.457 e. The lowest BCUT2D eigenvalue weighted by Gasteiger charge is -2.11. The van der Waals surface area contributed by atoms with Crippen molar-refractivity contribution in [1.29, 1.82) is 0 Å². The molecule has 37 heavy (non-hydrogen) atoms. The van der Waals surface area contributed by atoms with E-state index in [1.165, 1.54) is 22.2 Å². The van der Waals surface area contributed by atoms with Crippen molar-refractivity contribution in [2.75, 3.05) is 5.32 Å². The molecule has 1 amide bonds. The first-order chi connectivity index (χ1) is 17.3. The molecule has 0 aliphatic heterocycles. The second-order valence-electron chi connectivity index (χ2n) is 8.88. The van der Waals surface area contributed by atoms with E-state index in [2.05, 4.69) is 10.3 Å². The SMILES string of the molecule is CC(=O)C1CC1.CC(=O)Nc1cc(Oc2ccnc(C)c2)ccc1C.Cc1ccc(F)c(C(F)(F)P)c1. The van der Waals surface area contributed by atoms with Gasteiger partial charge in [0.15, 0.2) is 0 Å². The number of nitrogens with zero attached hydrogens (tertiary/aromatic N) is 1. The number of carbonyl (C=O) groups is 2. The Morgan fingerprint density at radius 3 is 2.14 bits per heavy atom. The molecule has 2 aromatic carbocycles. The zero-order chi connectivity index (χ0) is 27.8. The number of aromatic nitrogens is 1. The molecule has 0 bridgehead atoms. The number of rotatable bonds is 5. The van der Waals surface area contributed by atoms with Gasteiger partial charge in [-0.2, -0.15) is 8.78 Å². The summed E-state index contributed by atoms with van der Waals surface area (Å²) in [4.78, 5) is 25.4. The maximum Gasteiger partial charge on any atom is 0.286 e. The summed E-state index contributed by atoms with van der Waals surface area (Å²) in [6.45, 7) is 8.63. The molecule has 5 nitrogen and oxygen atoms in total. The van der Waals surface area contributed by atoms with Gasteiger partial charge in [-0.05, 0) is 70.4 Å². The number of benzene rings is 2. The zero-order valence-electron chi connectivity index (χ0n) is 21.6. The Kier molecular flexibility index (Phi) is 10.8. The van der Waals surface area contributed by atoms with Crippen molar-refractivity contribution < 1.29 is 27.5 Å². The van der Waals surface area contributed by atoms with Crippen LogP contribution in [-0.2, 0) is 15.3 Å². The maximum atomic E-state index is 12.8. The smallest absolute Gasteiger partial charge is 0.286 e. The van der Waals surface area contributed by atoms with Gasteiger partial charge in [0.2, 0.25) is 5.91 Å². The fourth-order valence-corrected chi connectivity index (χ4v) is 3.31. The summed E-state index contributed by atoms with van der Waals surface area (Å²) in [5.74, 6) is 1.27. The van der Waals surface area contributed by atoms with Crippen molar-refractivity contribution in [2.24, 2.45) is 5.92 Å². The average Bonchev–Trinajstić information content (AvgIpc) is 3.64. The van der Waals surface area contributed by atoms with E-state index in [4.69, 9.17) is 4.74 Å². The van der Waals surface area contributed by atoms with E-state index in [0.717, 1.165) is 47.7 Å². The summed E-state index contributed by atoms with van der Waals surface area (Å²) in [6, 6.07) is 12.9. The van der Waals surface area contributed by atoms with E-state index in [9.17, 15) is 22.8 Å². The standard InChI is InChI=1S/C15H16N2O2.C8H8F3P.C5H8O/c1-10-4-5-13(9-15(10)17-12(3)18)19-14-6-7-16-11(2)8-14;1-5-2-3-7(9)6(4-5)8(10,11)12;1-4(6)5-2-3-5/h4-9H,1-3H3,(H,17,18);2-4H,12H2,1H3;5H,2-3H2,1H3. The lowest BCUT2D eigenvalue weighted by Crippen LogP contribution is -2.07. The predicted molar refractivity (Wildman–Crippen MR) is 143 cm³/mol. The normalized spacial score (nSPS) is 12.4. The molecule has 1 aliphatic carbocycles. The van der Waals surface area contributed by atoms with Gasteiger partial charge >= 0.3 is 0 Å². The number of pyridine rings is 1. The summed E-state index contributed by atoms with van der Waals surface area (Å²) >= 11 is 0. The maximum absolute atomic E-state index is 12.8. The van der Waals surface area contributed by atoms with Gasteiger partial charge in [0, 0.05) is 42.6 Å². The number of aryl methyl sites for hydroxylation is 3. The Hall–Kier alpha value is -3.25. The second-order valence-corrected chi connectivity index (χ2v) is 9.61. The first-order valence-electron chi connectivity index (χ1n) is 11.7. The molecule has 0 saturated heterocycles. The Balaban J connectivity index is 0.000000226. The fraction of sp³-hybridized carbons (Fsp3) is 0.321. The number of nitrogens with one attached hydrogen (secondary N) is 1. The summed E-state index contributed by atoms with van der Waals surface area (Å²) in [6.07, 6.45) is 4.00. The molecule has 4 rings (SSSR count). The number of hydrogen-bond donors (Lipinski definition) is 1. The van der Waals surface area contributed by atoms with Crippen LogP contribution in [0, 0.1) is 32.5 Å². The summed E-state index contributed by atoms with van der Waals surface area (Å²) in [7, 11) is 1.31. The Bertz CT molecular complexity index is 1240. The first kappa shape index (κ1) is 30.0. The number of Topliss-reactive ketones (excluding diaryl/α,β-unsaturated/α-hetero) is 1. The number of amides is 1. The number of hydrogen-bond acceptors (Lipinski definition) is 4. The topological polar surface area (TPSA) is 68.3 Å². The van der Waals surface area contributed by atoms with Crippen molar-refractivity contribution in [1.82, 2.24) is 4.98 Å². The van der Waals surface area contributed by atoms with E-state index < -0.39 is 17.0 Å². The van der Waals surface area contributed by atoms with Crippen molar-refractivity contribution in [3.8, 4) is 11.5 Å². The molecule has 1 atom stereocenters. The van der Waals surface area contributed by atoms with Crippen LogP contribution in [0.2, 0.25) is 0 Å². The summed E-state index contributed by atoms with van der Waals surface area (Å²) < 4.78 is 43.8. The molecule has 1 saturated carbocycles. The summed E-state index contributed by atoms with van der Waals surface area (Å²) in [5.41, 5.74) is -0.493. The Morgan fingerprint density at radius 2 is 1.65 bits per heavy atom. The quantitative estimate of drug-likeness (QED) is 0.346. The molecular weight excluding hydrogens is 500 g/mol. The van der Waals surface area contributed by atoms with Crippen LogP contribution in [0.1, 0.15) is 49.1 Å². The van der Waals surface area contributed by atoms with Crippen molar-refractivity contribution in [2.45, 2.75) is 53.1 Å². The molecule has 198 valence electrons. The number of alkyl halides is 2.